The van der Waals surface area contributed by atoms with Crippen molar-refractivity contribution >= 4 is 48.1 Å². The number of hydrogen-bond donors (Lipinski definition) is 2. The lowest BCUT2D eigenvalue weighted by atomic mass is 10.1. The van der Waals surface area contributed by atoms with Crippen molar-refractivity contribution in [2.45, 2.75) is 18.6 Å². The van der Waals surface area contributed by atoms with Crippen LogP contribution in [0.2, 0.25) is 5.02 Å². The fraction of sp³-hybridized carbons (Fsp3) is 0.480. The van der Waals surface area contributed by atoms with Crippen LogP contribution in [0.3, 0.4) is 0 Å². The zero-order valence-electron chi connectivity index (χ0n) is 21.2. The first-order valence-electron chi connectivity index (χ1n) is 11.7. The predicted molar refractivity (Wildman–Crippen MR) is 149 cm³/mol. The average molecular weight is 578 g/mol. The van der Waals surface area contributed by atoms with Crippen LogP contribution in [0.5, 0.6) is 17.2 Å². The van der Waals surface area contributed by atoms with E-state index in [0.29, 0.717) is 36.1 Å². The molecule has 2 N–H and O–H groups in total. The Labute approximate surface area is 235 Å². The Balaban J connectivity index is 0.00000241. The third-order valence-electron chi connectivity index (χ3n) is 6.48. The number of carbonyl (C=O) groups is 1. The van der Waals surface area contributed by atoms with E-state index < -0.39 is 0 Å². The number of halogens is 3. The van der Waals surface area contributed by atoms with E-state index in [1.165, 1.54) is 26.9 Å². The summed E-state index contributed by atoms with van der Waals surface area (Å²) in [7, 11) is 4.62. The summed E-state index contributed by atoms with van der Waals surface area (Å²) in [6, 6.07) is 11.1. The molecule has 2 aliphatic heterocycles. The number of nitrogens with zero attached hydrogens (tertiary/aromatic N) is 2. The topological polar surface area (TPSA) is 84.5 Å². The van der Waals surface area contributed by atoms with Crippen LogP contribution in [0, 0.1) is 0 Å². The van der Waals surface area contributed by atoms with Crippen molar-refractivity contribution in [3.63, 3.8) is 0 Å². The number of methoxy groups -OCH3 is 3. The largest absolute Gasteiger partial charge is 0.493 e. The second-order valence-electron chi connectivity index (χ2n) is 8.66. The van der Waals surface area contributed by atoms with E-state index in [0.717, 1.165) is 37.7 Å². The van der Waals surface area contributed by atoms with Crippen molar-refractivity contribution in [3.05, 3.63) is 47.0 Å². The van der Waals surface area contributed by atoms with Crippen molar-refractivity contribution in [2.75, 3.05) is 66.0 Å². The first-order chi connectivity index (χ1) is 17.0. The Hall–Kier alpha value is -2.14. The minimum absolute atomic E-state index is 0. The number of nitrogens with one attached hydrogen (secondary N) is 2. The normalized spacial score (nSPS) is 19.8. The molecule has 9 nitrogen and oxygen atoms in total. The van der Waals surface area contributed by atoms with Gasteiger partial charge in [-0.3, -0.25) is 9.80 Å². The molecule has 0 spiro atoms. The number of benzene rings is 2. The van der Waals surface area contributed by atoms with Crippen LogP contribution < -0.4 is 24.8 Å². The fourth-order valence-corrected chi connectivity index (χ4v) is 4.76. The van der Waals surface area contributed by atoms with E-state index >= 15 is 0 Å². The molecule has 2 aromatic carbocycles. The molecule has 12 heteroatoms. The molecule has 206 valence electrons. The van der Waals surface area contributed by atoms with Gasteiger partial charge in [0.15, 0.2) is 11.5 Å². The van der Waals surface area contributed by atoms with E-state index in [-0.39, 0.29) is 42.9 Å². The highest BCUT2D eigenvalue weighted by Gasteiger charge is 2.35. The van der Waals surface area contributed by atoms with Crippen molar-refractivity contribution in [3.8, 4) is 17.2 Å². The van der Waals surface area contributed by atoms with Crippen LogP contribution in [0.4, 0.5) is 10.5 Å². The SMILES string of the molecule is COc1cc(NC(=O)NC2COCC2N2CCN(Cc3ccc(Cl)cc3)CC2)cc(OC)c1OC.Cl.Cl. The van der Waals surface area contributed by atoms with Gasteiger partial charge in [-0.25, -0.2) is 4.79 Å². The van der Waals surface area contributed by atoms with Crippen molar-refractivity contribution in [1.82, 2.24) is 15.1 Å². The minimum atomic E-state index is -0.304. The Kier molecular flexibility index (Phi) is 12.4. The number of ether oxygens (including phenoxy) is 4. The number of piperazine rings is 1. The summed E-state index contributed by atoms with van der Waals surface area (Å²) in [5.41, 5.74) is 1.80. The smallest absolute Gasteiger partial charge is 0.319 e. The standard InChI is InChI=1S/C25H33ClN4O5.2ClH/c1-32-22-12-19(13-23(33-2)24(22)34-3)27-25(31)28-20-15-35-16-21(20)30-10-8-29(9-11-30)14-17-4-6-18(26)7-5-17;;/h4-7,12-13,20-21H,8-11,14-16H2,1-3H3,(H2,27,28,31);2*1H. The summed E-state index contributed by atoms with van der Waals surface area (Å²) < 4.78 is 21.8. The van der Waals surface area contributed by atoms with Crippen molar-refractivity contribution < 1.29 is 23.7 Å². The van der Waals surface area contributed by atoms with E-state index in [4.69, 9.17) is 30.5 Å². The number of carbonyl (C=O) groups excluding carboxylic acids is 1. The molecule has 2 unspecified atom stereocenters. The molecule has 2 atom stereocenters. The maximum absolute atomic E-state index is 12.8. The van der Waals surface area contributed by atoms with Gasteiger partial charge in [0.2, 0.25) is 5.75 Å². The molecule has 2 amide bonds. The third kappa shape index (κ3) is 7.92. The quantitative estimate of drug-likeness (QED) is 0.492. The second-order valence-corrected chi connectivity index (χ2v) is 9.10. The van der Waals surface area contributed by atoms with Gasteiger partial charge in [0.25, 0.3) is 0 Å². The number of amides is 2. The zero-order valence-corrected chi connectivity index (χ0v) is 23.6. The monoisotopic (exact) mass is 576 g/mol. The molecule has 0 aromatic heterocycles. The van der Waals surface area contributed by atoms with Crippen LogP contribution in [0.25, 0.3) is 0 Å². The van der Waals surface area contributed by atoms with Gasteiger partial charge in [0.05, 0.1) is 52.3 Å². The molecule has 2 heterocycles. The molecule has 0 radical (unpaired) electrons. The summed E-state index contributed by atoms with van der Waals surface area (Å²) in [5, 5.41) is 6.71. The second kappa shape index (κ2) is 14.7. The summed E-state index contributed by atoms with van der Waals surface area (Å²) >= 11 is 6.00. The molecule has 4 rings (SSSR count). The van der Waals surface area contributed by atoms with Gasteiger partial charge in [-0.15, -0.1) is 24.8 Å². The van der Waals surface area contributed by atoms with Crippen molar-refractivity contribution in [2.24, 2.45) is 0 Å². The van der Waals surface area contributed by atoms with Gasteiger partial charge in [0.1, 0.15) is 0 Å². The number of hydrogen-bond acceptors (Lipinski definition) is 7. The van der Waals surface area contributed by atoms with Gasteiger partial charge < -0.3 is 29.6 Å². The summed E-state index contributed by atoms with van der Waals surface area (Å²) in [6.45, 7) is 5.77. The van der Waals surface area contributed by atoms with Crippen LogP contribution in [0.1, 0.15) is 5.56 Å². The molecule has 37 heavy (non-hydrogen) atoms. The summed E-state index contributed by atoms with van der Waals surface area (Å²) in [6.07, 6.45) is 0. The van der Waals surface area contributed by atoms with E-state index in [1.807, 2.05) is 12.1 Å². The first kappa shape index (κ1) is 31.1. The lowest BCUT2D eigenvalue weighted by molar-refractivity contribution is 0.0774. The maximum atomic E-state index is 12.8. The highest BCUT2D eigenvalue weighted by atomic mass is 35.5. The molecule has 2 saturated heterocycles. The Morgan fingerprint density at radius 1 is 0.973 bits per heavy atom. The third-order valence-corrected chi connectivity index (χ3v) is 6.74. The molecule has 2 aliphatic rings. The Bertz CT molecular complexity index is 981. The lowest BCUT2D eigenvalue weighted by Gasteiger charge is -2.39. The highest BCUT2D eigenvalue weighted by molar-refractivity contribution is 6.30. The van der Waals surface area contributed by atoms with Crippen LogP contribution in [-0.4, -0.2) is 88.6 Å². The van der Waals surface area contributed by atoms with Gasteiger partial charge in [-0.2, -0.15) is 0 Å². The molecule has 0 aliphatic carbocycles. The van der Waals surface area contributed by atoms with E-state index in [2.05, 4.69) is 32.6 Å². The van der Waals surface area contributed by atoms with Gasteiger partial charge in [-0.1, -0.05) is 23.7 Å². The molecular formula is C25H35Cl3N4O5. The first-order valence-corrected chi connectivity index (χ1v) is 12.0. The van der Waals surface area contributed by atoms with Crippen LogP contribution >= 0.6 is 36.4 Å². The summed E-state index contributed by atoms with van der Waals surface area (Å²) in [5.74, 6) is 1.42. The predicted octanol–water partition coefficient (Wildman–Crippen LogP) is 3.92. The van der Waals surface area contributed by atoms with Crippen molar-refractivity contribution in [1.29, 1.82) is 0 Å². The maximum Gasteiger partial charge on any atom is 0.319 e. The number of rotatable bonds is 8. The van der Waals surface area contributed by atoms with Gasteiger partial charge in [0, 0.05) is 49.9 Å². The fourth-order valence-electron chi connectivity index (χ4n) is 4.63. The van der Waals surface area contributed by atoms with Gasteiger partial charge in [-0.05, 0) is 17.7 Å². The minimum Gasteiger partial charge on any atom is -0.493 e. The van der Waals surface area contributed by atoms with Crippen LogP contribution in [0.15, 0.2) is 36.4 Å². The van der Waals surface area contributed by atoms with Gasteiger partial charge >= 0.3 is 6.03 Å². The average Bonchev–Trinajstić information content (AvgIpc) is 3.33. The molecule has 2 aromatic rings. The van der Waals surface area contributed by atoms with E-state index in [9.17, 15) is 4.79 Å². The molecule has 0 bridgehead atoms. The van der Waals surface area contributed by atoms with Crippen LogP contribution in [-0.2, 0) is 11.3 Å². The Morgan fingerprint density at radius 2 is 1.59 bits per heavy atom. The number of urea groups is 1. The molecular weight excluding hydrogens is 543 g/mol. The molecule has 2 fully saturated rings. The molecule has 0 saturated carbocycles. The zero-order chi connectivity index (χ0) is 24.8. The summed E-state index contributed by atoms with van der Waals surface area (Å²) in [4.78, 5) is 17.7. The highest BCUT2D eigenvalue weighted by Crippen LogP contribution is 2.39. The lowest BCUT2D eigenvalue weighted by Crippen LogP contribution is -2.57. The number of anilines is 1. The Morgan fingerprint density at radius 3 is 2.16 bits per heavy atom. The van der Waals surface area contributed by atoms with E-state index in [1.54, 1.807) is 12.1 Å².